The van der Waals surface area contributed by atoms with Crippen LogP contribution in [0.4, 0.5) is 5.69 Å². The number of rotatable bonds is 3. The van der Waals surface area contributed by atoms with Crippen LogP contribution in [-0.4, -0.2) is 13.1 Å². The van der Waals surface area contributed by atoms with E-state index in [0.717, 1.165) is 16.0 Å². The molecule has 1 aromatic heterocycles. The molecule has 0 saturated heterocycles. The summed E-state index contributed by atoms with van der Waals surface area (Å²) in [6, 6.07) is 5.28. The van der Waals surface area contributed by atoms with Crippen LogP contribution in [0.1, 0.15) is 35.0 Å². The van der Waals surface area contributed by atoms with Gasteiger partial charge in [0.05, 0.1) is 17.8 Å². The number of esters is 1. The molecule has 1 aromatic carbocycles. The smallest absolute Gasteiger partial charge is 0.350 e. The Labute approximate surface area is 137 Å². The summed E-state index contributed by atoms with van der Waals surface area (Å²) in [5.41, 5.74) is 8.32. The van der Waals surface area contributed by atoms with Gasteiger partial charge in [-0.25, -0.2) is 4.79 Å². The Kier molecular flexibility index (Phi) is 4.81. The second-order valence-corrected chi connectivity index (χ2v) is 6.72. The molecule has 0 saturated carbocycles. The fourth-order valence-corrected chi connectivity index (χ4v) is 4.04. The summed E-state index contributed by atoms with van der Waals surface area (Å²) in [7, 11) is 1.34. The zero-order valence-electron chi connectivity index (χ0n) is 11.9. The third kappa shape index (κ3) is 3.03. The Bertz CT molecular complexity index is 695. The highest BCUT2D eigenvalue weighted by Gasteiger charge is 2.25. The van der Waals surface area contributed by atoms with Crippen molar-refractivity contribution in [3.05, 3.63) is 38.7 Å². The Morgan fingerprint density at radius 3 is 2.52 bits per heavy atom. The first kappa shape index (κ1) is 16.1. The fraction of sp³-hybridized carbons (Fsp3) is 0.267. The van der Waals surface area contributed by atoms with Gasteiger partial charge < -0.3 is 10.5 Å². The molecule has 2 aromatic rings. The van der Waals surface area contributed by atoms with E-state index >= 15 is 0 Å². The van der Waals surface area contributed by atoms with Gasteiger partial charge in [0.25, 0.3) is 0 Å². The molecule has 2 N–H and O–H groups in total. The minimum Gasteiger partial charge on any atom is -0.465 e. The summed E-state index contributed by atoms with van der Waals surface area (Å²) in [6.45, 7) is 4.04. The number of benzene rings is 1. The van der Waals surface area contributed by atoms with E-state index in [1.165, 1.54) is 18.4 Å². The van der Waals surface area contributed by atoms with Gasteiger partial charge in [-0.2, -0.15) is 0 Å². The summed E-state index contributed by atoms with van der Waals surface area (Å²) in [5.74, 6) is -0.280. The molecule has 112 valence electrons. The highest BCUT2D eigenvalue weighted by molar-refractivity contribution is 7.18. The SMILES string of the molecule is COC(=O)c1sc(-c2ccc(Cl)cc2Cl)c(C(C)C)c1N. The standard InChI is InChI=1S/C15H15Cl2NO2S/c1-7(2)11-12(18)14(15(19)20-3)21-13(11)9-5-4-8(16)6-10(9)17/h4-7H,18H2,1-3H3. The van der Waals surface area contributed by atoms with Gasteiger partial charge >= 0.3 is 5.97 Å². The van der Waals surface area contributed by atoms with Crippen molar-refractivity contribution in [2.45, 2.75) is 19.8 Å². The van der Waals surface area contributed by atoms with Crippen molar-refractivity contribution in [2.75, 3.05) is 12.8 Å². The number of thiophene rings is 1. The number of ether oxygens (including phenoxy) is 1. The van der Waals surface area contributed by atoms with E-state index in [1.54, 1.807) is 12.1 Å². The third-order valence-corrected chi connectivity index (χ3v) is 4.89. The van der Waals surface area contributed by atoms with E-state index in [4.69, 9.17) is 33.7 Å². The summed E-state index contributed by atoms with van der Waals surface area (Å²) >= 11 is 13.5. The van der Waals surface area contributed by atoms with E-state index in [2.05, 4.69) is 0 Å². The molecule has 0 spiro atoms. The molecular formula is C15H15Cl2NO2S. The molecule has 0 fully saturated rings. The van der Waals surface area contributed by atoms with Crippen LogP contribution < -0.4 is 5.73 Å². The molecule has 0 aliphatic rings. The van der Waals surface area contributed by atoms with Gasteiger partial charge in [0.15, 0.2) is 0 Å². The van der Waals surface area contributed by atoms with Gasteiger partial charge in [-0.3, -0.25) is 0 Å². The van der Waals surface area contributed by atoms with E-state index in [1.807, 2.05) is 19.9 Å². The topological polar surface area (TPSA) is 52.3 Å². The molecule has 21 heavy (non-hydrogen) atoms. The lowest BCUT2D eigenvalue weighted by atomic mass is 9.98. The number of nitrogen functional groups attached to an aromatic ring is 1. The number of hydrogen-bond acceptors (Lipinski definition) is 4. The van der Waals surface area contributed by atoms with Gasteiger partial charge in [-0.1, -0.05) is 43.1 Å². The number of nitrogens with two attached hydrogens (primary N) is 1. The number of carbonyl (C=O) groups is 1. The largest absolute Gasteiger partial charge is 0.465 e. The molecule has 0 radical (unpaired) electrons. The van der Waals surface area contributed by atoms with Crippen LogP contribution in [0.3, 0.4) is 0 Å². The monoisotopic (exact) mass is 343 g/mol. The first-order valence-electron chi connectivity index (χ1n) is 6.32. The van der Waals surface area contributed by atoms with Crippen LogP contribution in [0.15, 0.2) is 18.2 Å². The Hall–Kier alpha value is -1.23. The van der Waals surface area contributed by atoms with Crippen molar-refractivity contribution >= 4 is 46.2 Å². The number of anilines is 1. The molecule has 0 aliphatic carbocycles. The maximum Gasteiger partial charge on any atom is 0.350 e. The van der Waals surface area contributed by atoms with E-state index in [-0.39, 0.29) is 5.92 Å². The van der Waals surface area contributed by atoms with Crippen LogP contribution >= 0.6 is 34.5 Å². The quantitative estimate of drug-likeness (QED) is 0.777. The summed E-state index contributed by atoms with van der Waals surface area (Å²) in [5, 5.41) is 1.09. The zero-order chi connectivity index (χ0) is 15.7. The van der Waals surface area contributed by atoms with Gasteiger partial charge in [-0.15, -0.1) is 11.3 Å². The van der Waals surface area contributed by atoms with Gasteiger partial charge in [-0.05, 0) is 23.6 Å². The predicted molar refractivity (Wildman–Crippen MR) is 89.6 cm³/mol. The molecule has 1 heterocycles. The van der Waals surface area contributed by atoms with Gasteiger partial charge in [0.1, 0.15) is 4.88 Å². The van der Waals surface area contributed by atoms with Crippen molar-refractivity contribution in [3.63, 3.8) is 0 Å². The molecular weight excluding hydrogens is 329 g/mol. The van der Waals surface area contributed by atoms with Gasteiger partial charge in [0, 0.05) is 15.5 Å². The normalized spacial score (nSPS) is 11.0. The maximum absolute atomic E-state index is 11.8. The Morgan fingerprint density at radius 1 is 1.33 bits per heavy atom. The van der Waals surface area contributed by atoms with E-state index in [0.29, 0.717) is 20.6 Å². The van der Waals surface area contributed by atoms with Crippen LogP contribution in [0.25, 0.3) is 10.4 Å². The first-order chi connectivity index (χ1) is 9.86. The second-order valence-electron chi connectivity index (χ2n) is 4.86. The highest BCUT2D eigenvalue weighted by atomic mass is 35.5. The van der Waals surface area contributed by atoms with Gasteiger partial charge in [0.2, 0.25) is 0 Å². The second kappa shape index (κ2) is 6.26. The van der Waals surface area contributed by atoms with Crippen LogP contribution in [-0.2, 0) is 4.74 Å². The van der Waals surface area contributed by atoms with E-state index < -0.39 is 5.97 Å². The predicted octanol–water partition coefficient (Wildman–Crippen LogP) is 5.21. The van der Waals surface area contributed by atoms with Crippen molar-refractivity contribution in [3.8, 4) is 10.4 Å². The summed E-state index contributed by atoms with van der Waals surface area (Å²) in [6.07, 6.45) is 0. The highest BCUT2D eigenvalue weighted by Crippen LogP contribution is 2.45. The molecule has 2 rings (SSSR count). The average molecular weight is 344 g/mol. The van der Waals surface area contributed by atoms with Crippen molar-refractivity contribution < 1.29 is 9.53 Å². The van der Waals surface area contributed by atoms with Crippen molar-refractivity contribution in [2.24, 2.45) is 0 Å². The number of methoxy groups -OCH3 is 1. The van der Waals surface area contributed by atoms with Crippen molar-refractivity contribution in [1.29, 1.82) is 0 Å². The minimum atomic E-state index is -0.435. The lowest BCUT2D eigenvalue weighted by Gasteiger charge is -2.10. The molecule has 3 nitrogen and oxygen atoms in total. The number of halogens is 2. The molecule has 6 heteroatoms. The molecule has 0 amide bonds. The summed E-state index contributed by atoms with van der Waals surface area (Å²) < 4.78 is 4.79. The zero-order valence-corrected chi connectivity index (χ0v) is 14.2. The fourth-order valence-electron chi connectivity index (χ4n) is 2.15. The third-order valence-electron chi connectivity index (χ3n) is 3.11. The minimum absolute atomic E-state index is 0.154. The average Bonchev–Trinajstić information content (AvgIpc) is 2.75. The Morgan fingerprint density at radius 2 is 2.00 bits per heavy atom. The van der Waals surface area contributed by atoms with Crippen LogP contribution in [0.5, 0.6) is 0 Å². The molecule has 0 atom stereocenters. The van der Waals surface area contributed by atoms with Crippen LogP contribution in [0, 0.1) is 0 Å². The first-order valence-corrected chi connectivity index (χ1v) is 7.90. The lowest BCUT2D eigenvalue weighted by molar-refractivity contribution is 0.0607. The van der Waals surface area contributed by atoms with E-state index in [9.17, 15) is 4.79 Å². The number of carbonyl (C=O) groups excluding carboxylic acids is 1. The van der Waals surface area contributed by atoms with Crippen LogP contribution in [0.2, 0.25) is 10.0 Å². The maximum atomic E-state index is 11.8. The molecule has 0 aliphatic heterocycles. The number of hydrogen-bond donors (Lipinski definition) is 1. The lowest BCUT2D eigenvalue weighted by Crippen LogP contribution is -2.03. The Balaban J connectivity index is 2.70. The molecule has 0 bridgehead atoms. The van der Waals surface area contributed by atoms with Crippen molar-refractivity contribution in [1.82, 2.24) is 0 Å². The molecule has 0 unspecified atom stereocenters. The summed E-state index contributed by atoms with van der Waals surface area (Å²) in [4.78, 5) is 13.1.